The first-order valence-electron chi connectivity index (χ1n) is 12.2. The van der Waals surface area contributed by atoms with Gasteiger partial charge in [0.1, 0.15) is 0 Å². The van der Waals surface area contributed by atoms with E-state index in [-0.39, 0.29) is 0 Å². The average molecular weight is 508 g/mol. The summed E-state index contributed by atoms with van der Waals surface area (Å²) >= 11 is 0. The van der Waals surface area contributed by atoms with E-state index in [0.717, 1.165) is 54.3 Å². The van der Waals surface area contributed by atoms with Crippen molar-refractivity contribution in [3.05, 3.63) is 0 Å². The molecule has 191 valence electrons. The molecule has 0 heterocycles. The Labute approximate surface area is 204 Å². The van der Waals surface area contributed by atoms with E-state index in [4.69, 9.17) is 22.1 Å². The van der Waals surface area contributed by atoms with Crippen molar-refractivity contribution in [2.45, 2.75) is 70.0 Å². The van der Waals surface area contributed by atoms with E-state index in [0.29, 0.717) is 5.16 Å². The first-order valence-corrected chi connectivity index (χ1v) is 16.8. The smallest absolute Gasteiger partial charge is 0.394 e. The Morgan fingerprint density at radius 1 is 0.781 bits per heavy atom. The summed E-state index contributed by atoms with van der Waals surface area (Å²) in [6.45, 7) is 7.79. The molecule has 7 nitrogen and oxygen atoms in total. The van der Waals surface area contributed by atoms with Crippen LogP contribution in [0.2, 0.25) is 11.2 Å². The molecule has 32 heavy (non-hydrogen) atoms. The molecule has 0 amide bonds. The van der Waals surface area contributed by atoms with E-state index < -0.39 is 18.1 Å². The molecule has 0 rings (SSSR count). The van der Waals surface area contributed by atoms with Crippen LogP contribution in [0.5, 0.6) is 0 Å². The molecule has 0 aromatic carbocycles. The third-order valence-corrected chi connectivity index (χ3v) is 13.5. The van der Waals surface area contributed by atoms with Gasteiger partial charge in [0, 0.05) is 39.7 Å². The third-order valence-electron chi connectivity index (χ3n) is 5.52. The quantitative estimate of drug-likeness (QED) is 0.155. The molecule has 0 fully saturated rings. The molecule has 0 aromatic heterocycles. The van der Waals surface area contributed by atoms with Crippen molar-refractivity contribution >= 4 is 27.6 Å². The Hall–Kier alpha value is 0.371. The van der Waals surface area contributed by atoms with Crippen LogP contribution in [0, 0.1) is 0 Å². The highest BCUT2D eigenvalue weighted by atomic mass is 28.4. The zero-order valence-electron chi connectivity index (χ0n) is 22.2. The summed E-state index contributed by atoms with van der Waals surface area (Å²) in [6.07, 6.45) is 9.64. The normalized spacial score (nSPS) is 13.6. The average Bonchev–Trinajstić information content (AvgIpc) is 2.77. The van der Waals surface area contributed by atoms with Crippen molar-refractivity contribution in [3.8, 4) is 0 Å². The maximum absolute atomic E-state index is 5.87. The molecule has 0 spiro atoms. The molecule has 1 atom stereocenters. The molecule has 0 aliphatic carbocycles. The maximum Gasteiger partial charge on any atom is 0.500 e. The second-order valence-electron chi connectivity index (χ2n) is 8.41. The number of hydrogen-bond acceptors (Lipinski definition) is 7. The van der Waals surface area contributed by atoms with Crippen molar-refractivity contribution in [1.82, 2.24) is 9.80 Å². The molecular formula is C22H51N2O5Si3. The van der Waals surface area contributed by atoms with Gasteiger partial charge in [-0.1, -0.05) is 25.7 Å². The molecule has 0 aliphatic rings. The van der Waals surface area contributed by atoms with Crippen LogP contribution in [0.25, 0.3) is 0 Å². The van der Waals surface area contributed by atoms with Crippen molar-refractivity contribution in [2.24, 2.45) is 0 Å². The predicted octanol–water partition coefficient (Wildman–Crippen LogP) is 3.64. The highest BCUT2D eigenvalue weighted by Gasteiger charge is 2.46. The maximum atomic E-state index is 5.87. The SMILES string of the molecule is CCO[Si](CCCN(C)C[Si]C(CCCCCCCN(C)C)[Si](OC)(OC)OC)OCC. The summed E-state index contributed by atoms with van der Waals surface area (Å²) in [5.74, 6) is 0. The van der Waals surface area contributed by atoms with Crippen LogP contribution in [-0.4, -0.2) is 112 Å². The summed E-state index contributed by atoms with van der Waals surface area (Å²) < 4.78 is 29.1. The molecule has 0 aromatic rings. The number of rotatable bonds is 23. The van der Waals surface area contributed by atoms with Crippen LogP contribution >= 0.6 is 0 Å². The summed E-state index contributed by atoms with van der Waals surface area (Å²) in [5.41, 5.74) is 0. The first kappa shape index (κ1) is 32.4. The topological polar surface area (TPSA) is 52.6 Å². The Kier molecular flexibility index (Phi) is 21.0. The highest BCUT2D eigenvalue weighted by Crippen LogP contribution is 2.29. The zero-order valence-corrected chi connectivity index (χ0v) is 25.2. The van der Waals surface area contributed by atoms with Gasteiger partial charge in [-0.3, -0.25) is 0 Å². The number of nitrogens with zero attached hydrogens (tertiary/aromatic N) is 2. The van der Waals surface area contributed by atoms with Gasteiger partial charge in [0.05, 0.1) is 9.52 Å². The summed E-state index contributed by atoms with van der Waals surface area (Å²) in [5, 5.41) is 0.359. The molecule has 0 saturated carbocycles. The van der Waals surface area contributed by atoms with Gasteiger partial charge in [0.15, 0.2) is 0 Å². The van der Waals surface area contributed by atoms with E-state index in [1.165, 1.54) is 38.6 Å². The van der Waals surface area contributed by atoms with Gasteiger partial charge in [-0.25, -0.2) is 0 Å². The molecule has 0 saturated heterocycles. The van der Waals surface area contributed by atoms with E-state index in [2.05, 4.69) is 30.9 Å². The van der Waals surface area contributed by atoms with Crippen LogP contribution in [0.3, 0.4) is 0 Å². The number of unbranched alkanes of at least 4 members (excludes halogenated alkanes) is 4. The van der Waals surface area contributed by atoms with Crippen LogP contribution in [0.1, 0.15) is 58.8 Å². The second-order valence-corrected chi connectivity index (χ2v) is 15.4. The van der Waals surface area contributed by atoms with Gasteiger partial charge >= 0.3 is 18.1 Å². The van der Waals surface area contributed by atoms with Crippen molar-refractivity contribution in [3.63, 3.8) is 0 Å². The van der Waals surface area contributed by atoms with Crippen LogP contribution in [0.4, 0.5) is 0 Å². The standard InChI is InChI=1S/C22H51N2O5Si3/c1-9-28-31(29-10-2)20-16-19-24(5)21-30-22(32(25-6,26-7)27-8)17-14-12-11-13-15-18-23(3)4/h22H,9-21H2,1-8H3. The summed E-state index contributed by atoms with van der Waals surface area (Å²) in [6, 6.07) is 1.03. The third kappa shape index (κ3) is 14.6. The molecule has 0 aliphatic heterocycles. The second kappa shape index (κ2) is 20.7. The lowest BCUT2D eigenvalue weighted by atomic mass is 10.1. The monoisotopic (exact) mass is 507 g/mol. The predicted molar refractivity (Wildman–Crippen MR) is 138 cm³/mol. The Bertz CT molecular complexity index is 407. The van der Waals surface area contributed by atoms with Gasteiger partial charge in [-0.05, 0) is 79.6 Å². The fourth-order valence-electron chi connectivity index (χ4n) is 3.73. The minimum atomic E-state index is -2.63. The van der Waals surface area contributed by atoms with E-state index in [1.807, 2.05) is 13.8 Å². The van der Waals surface area contributed by atoms with Crippen molar-refractivity contribution in [2.75, 3.05) is 74.9 Å². The summed E-state index contributed by atoms with van der Waals surface area (Å²) in [4.78, 5) is 4.68. The molecule has 10 heteroatoms. The fraction of sp³-hybridized carbons (Fsp3) is 1.00. The fourth-order valence-corrected chi connectivity index (χ4v) is 10.5. The lowest BCUT2D eigenvalue weighted by molar-refractivity contribution is 0.118. The van der Waals surface area contributed by atoms with Crippen molar-refractivity contribution in [1.29, 1.82) is 0 Å². The lowest BCUT2D eigenvalue weighted by Crippen LogP contribution is -2.51. The van der Waals surface area contributed by atoms with Gasteiger partial charge in [-0.15, -0.1) is 0 Å². The Morgan fingerprint density at radius 2 is 1.34 bits per heavy atom. The molecule has 0 N–H and O–H groups in total. The Morgan fingerprint density at radius 3 is 1.88 bits per heavy atom. The van der Waals surface area contributed by atoms with Crippen molar-refractivity contribution < 1.29 is 22.1 Å². The highest BCUT2D eigenvalue weighted by molar-refractivity contribution is 6.73. The van der Waals surface area contributed by atoms with Gasteiger partial charge in [0.25, 0.3) is 0 Å². The van der Waals surface area contributed by atoms with E-state index in [9.17, 15) is 0 Å². The van der Waals surface area contributed by atoms with Crippen LogP contribution in [0.15, 0.2) is 0 Å². The Balaban J connectivity index is 4.51. The first-order chi connectivity index (χ1) is 15.4. The molecular weight excluding hydrogens is 457 g/mol. The summed E-state index contributed by atoms with van der Waals surface area (Å²) in [7, 11) is 8.72. The largest absolute Gasteiger partial charge is 0.500 e. The van der Waals surface area contributed by atoms with Gasteiger partial charge < -0.3 is 31.9 Å². The van der Waals surface area contributed by atoms with Gasteiger partial charge in [-0.2, -0.15) is 0 Å². The lowest BCUT2D eigenvalue weighted by Gasteiger charge is -2.33. The zero-order chi connectivity index (χ0) is 24.2. The van der Waals surface area contributed by atoms with E-state index in [1.54, 1.807) is 21.3 Å². The minimum absolute atomic E-state index is 0.359. The number of hydrogen-bond donors (Lipinski definition) is 0. The molecule has 3 radical (unpaired) electrons. The van der Waals surface area contributed by atoms with Gasteiger partial charge in [0.2, 0.25) is 0 Å². The molecule has 1 unspecified atom stereocenters. The van der Waals surface area contributed by atoms with E-state index >= 15 is 0 Å². The van der Waals surface area contributed by atoms with Crippen LogP contribution < -0.4 is 0 Å². The molecule has 0 bridgehead atoms. The van der Waals surface area contributed by atoms with Crippen LogP contribution in [-0.2, 0) is 22.1 Å². The minimum Gasteiger partial charge on any atom is -0.394 e.